The average Bonchev–Trinajstić information content (AvgIpc) is 3.12. The van der Waals surface area contributed by atoms with Crippen molar-refractivity contribution >= 4 is 22.5 Å². The molecule has 5 atom stereocenters. The number of rotatable bonds is 5. The summed E-state index contributed by atoms with van der Waals surface area (Å²) in [6.45, 7) is 1.31. The maximum Gasteiger partial charge on any atom is 0.401 e. The Kier molecular flexibility index (Phi) is 5.85. The number of nitrogens with zero attached hydrogens (tertiary/aromatic N) is 3. The maximum absolute atomic E-state index is 13.1. The third-order valence-electron chi connectivity index (χ3n) is 6.84. The Morgan fingerprint density at radius 2 is 1.91 bits per heavy atom. The number of piperidine rings is 2. The van der Waals surface area contributed by atoms with Crippen molar-refractivity contribution in [2.75, 3.05) is 17.2 Å². The van der Waals surface area contributed by atoms with Crippen LogP contribution in [-0.2, 0) is 0 Å². The van der Waals surface area contributed by atoms with E-state index in [-0.39, 0.29) is 24.3 Å². The molecule has 0 aromatic carbocycles. The van der Waals surface area contributed by atoms with Gasteiger partial charge in [0.2, 0.25) is 0 Å². The third-order valence-corrected chi connectivity index (χ3v) is 6.84. The van der Waals surface area contributed by atoms with Crippen molar-refractivity contribution in [3.63, 3.8) is 0 Å². The molecular weight excluding hydrogens is 419 g/mol. The molecule has 0 saturated carbocycles. The predicted octanol–water partition coefficient (Wildman–Crippen LogP) is 3.61. The van der Waals surface area contributed by atoms with Crippen molar-refractivity contribution in [2.45, 2.75) is 82.0 Å². The van der Waals surface area contributed by atoms with Crippen LogP contribution in [0.25, 0.3) is 10.9 Å². The standard InChI is InChI=1S/C22H30F3N7/c1-13-8-20(31-30-13)28-19-11-18-17(6-3-7-26-18)21(29-19)27-14-9-15-4-2-5-16(10-14)32(15)12-22(23,24)25/h3,6-7,11,13-16,20,30-31H,2,4-5,8-10,12H2,1H3,(H2,27,28,29)/t13?,14?,15-,16+,20?. The first-order valence-electron chi connectivity index (χ1n) is 11.5. The van der Waals surface area contributed by atoms with Crippen molar-refractivity contribution in [3.8, 4) is 0 Å². The van der Waals surface area contributed by atoms with Crippen molar-refractivity contribution < 1.29 is 13.2 Å². The van der Waals surface area contributed by atoms with Gasteiger partial charge in [-0.25, -0.2) is 10.4 Å². The molecule has 0 spiro atoms. The summed E-state index contributed by atoms with van der Waals surface area (Å²) < 4.78 is 39.3. The van der Waals surface area contributed by atoms with Gasteiger partial charge in [0.1, 0.15) is 11.6 Å². The molecule has 5 rings (SSSR count). The predicted molar refractivity (Wildman–Crippen MR) is 118 cm³/mol. The van der Waals surface area contributed by atoms with Crippen molar-refractivity contribution in [2.24, 2.45) is 0 Å². The topological polar surface area (TPSA) is 77.1 Å². The van der Waals surface area contributed by atoms with Crippen LogP contribution in [0.1, 0.15) is 45.4 Å². The molecule has 0 amide bonds. The van der Waals surface area contributed by atoms with E-state index in [2.05, 4.69) is 33.4 Å². The number of hydrogen-bond donors (Lipinski definition) is 4. The number of halogens is 3. The minimum absolute atomic E-state index is 0.0393. The van der Waals surface area contributed by atoms with E-state index in [1.807, 2.05) is 18.2 Å². The van der Waals surface area contributed by atoms with Gasteiger partial charge in [0.15, 0.2) is 0 Å². The summed E-state index contributed by atoms with van der Waals surface area (Å²) in [6.07, 6.45) is 2.62. The Morgan fingerprint density at radius 1 is 1.12 bits per heavy atom. The molecule has 5 heterocycles. The molecule has 4 N–H and O–H groups in total. The van der Waals surface area contributed by atoms with Gasteiger partial charge in [-0.2, -0.15) is 13.2 Å². The summed E-state index contributed by atoms with van der Waals surface area (Å²) >= 11 is 0. The lowest BCUT2D eigenvalue weighted by Gasteiger charge is -2.49. The molecule has 3 aliphatic heterocycles. The van der Waals surface area contributed by atoms with E-state index in [1.165, 1.54) is 0 Å². The summed E-state index contributed by atoms with van der Waals surface area (Å²) in [5, 5.41) is 7.91. The number of hydrazine groups is 1. The van der Waals surface area contributed by atoms with Crippen LogP contribution < -0.4 is 21.5 Å². The van der Waals surface area contributed by atoms with Gasteiger partial charge in [-0.05, 0) is 51.2 Å². The number of aromatic nitrogens is 2. The summed E-state index contributed by atoms with van der Waals surface area (Å²) in [7, 11) is 0. The molecule has 2 aromatic rings. The minimum Gasteiger partial charge on any atom is -0.367 e. The molecule has 7 nitrogen and oxygen atoms in total. The van der Waals surface area contributed by atoms with Crippen LogP contribution in [0.4, 0.5) is 24.8 Å². The normalized spacial score (nSPS) is 31.1. The highest BCUT2D eigenvalue weighted by Gasteiger charge is 2.43. The fourth-order valence-electron chi connectivity index (χ4n) is 5.50. The first kappa shape index (κ1) is 21.7. The summed E-state index contributed by atoms with van der Waals surface area (Å²) in [6, 6.07) is 6.18. The van der Waals surface area contributed by atoms with Crippen molar-refractivity contribution in [1.29, 1.82) is 0 Å². The second-order valence-corrected chi connectivity index (χ2v) is 9.39. The minimum atomic E-state index is -4.15. The van der Waals surface area contributed by atoms with Gasteiger partial charge in [0.05, 0.1) is 18.2 Å². The van der Waals surface area contributed by atoms with Gasteiger partial charge in [-0.1, -0.05) is 6.42 Å². The van der Waals surface area contributed by atoms with Gasteiger partial charge < -0.3 is 10.6 Å². The van der Waals surface area contributed by atoms with Crippen molar-refractivity contribution in [1.82, 2.24) is 25.7 Å². The van der Waals surface area contributed by atoms with Crippen LogP contribution in [0.2, 0.25) is 0 Å². The zero-order valence-corrected chi connectivity index (χ0v) is 18.1. The van der Waals surface area contributed by atoms with Crippen LogP contribution in [-0.4, -0.2) is 57.9 Å². The molecule has 3 unspecified atom stereocenters. The van der Waals surface area contributed by atoms with Crippen molar-refractivity contribution in [3.05, 3.63) is 24.4 Å². The monoisotopic (exact) mass is 449 g/mol. The molecule has 32 heavy (non-hydrogen) atoms. The Labute approximate surface area is 185 Å². The van der Waals surface area contributed by atoms with Gasteiger partial charge in [-0.3, -0.25) is 15.3 Å². The zero-order chi connectivity index (χ0) is 22.3. The van der Waals surface area contributed by atoms with E-state index in [0.717, 1.165) is 48.2 Å². The first-order valence-corrected chi connectivity index (χ1v) is 11.5. The molecule has 174 valence electrons. The van der Waals surface area contributed by atoms with Crippen LogP contribution >= 0.6 is 0 Å². The molecule has 3 fully saturated rings. The van der Waals surface area contributed by atoms with Crippen LogP contribution in [0.15, 0.2) is 24.4 Å². The fourth-order valence-corrected chi connectivity index (χ4v) is 5.50. The lowest BCUT2D eigenvalue weighted by molar-refractivity contribution is -0.165. The van der Waals surface area contributed by atoms with Gasteiger partial charge in [0.25, 0.3) is 0 Å². The SMILES string of the molecule is CC1CC(Nc2cc3ncccc3c(NC3C[C@H]4CCC[C@@H](C3)N4CC(F)(F)F)n2)NN1. The molecule has 0 radical (unpaired) electrons. The highest BCUT2D eigenvalue weighted by Crippen LogP contribution is 2.37. The number of hydrogen-bond acceptors (Lipinski definition) is 7. The van der Waals surface area contributed by atoms with Crippen LogP contribution in [0.3, 0.4) is 0 Å². The molecule has 0 aliphatic carbocycles. The Balaban J connectivity index is 1.35. The molecule has 2 bridgehead atoms. The van der Waals surface area contributed by atoms with Gasteiger partial charge in [0, 0.05) is 41.8 Å². The fraction of sp³-hybridized carbons (Fsp3) is 0.636. The quantitative estimate of drug-likeness (QED) is 0.556. The lowest BCUT2D eigenvalue weighted by atomic mass is 9.81. The zero-order valence-electron chi connectivity index (χ0n) is 18.1. The summed E-state index contributed by atoms with van der Waals surface area (Å²) in [4.78, 5) is 11.0. The van der Waals surface area contributed by atoms with E-state index in [0.29, 0.717) is 18.9 Å². The van der Waals surface area contributed by atoms with E-state index >= 15 is 0 Å². The molecule has 10 heteroatoms. The second-order valence-electron chi connectivity index (χ2n) is 9.39. The largest absolute Gasteiger partial charge is 0.401 e. The third kappa shape index (κ3) is 4.77. The van der Waals surface area contributed by atoms with Gasteiger partial charge >= 0.3 is 6.18 Å². The number of pyridine rings is 2. The lowest BCUT2D eigenvalue weighted by Crippen LogP contribution is -2.57. The van der Waals surface area contributed by atoms with Crippen LogP contribution in [0.5, 0.6) is 0 Å². The Bertz CT molecular complexity index is 939. The number of anilines is 2. The highest BCUT2D eigenvalue weighted by atomic mass is 19.4. The first-order chi connectivity index (χ1) is 15.3. The average molecular weight is 450 g/mol. The maximum atomic E-state index is 13.1. The number of alkyl halides is 3. The smallest absolute Gasteiger partial charge is 0.367 e. The summed E-state index contributed by atoms with van der Waals surface area (Å²) in [5.74, 6) is 1.46. The summed E-state index contributed by atoms with van der Waals surface area (Å²) in [5.41, 5.74) is 7.24. The number of nitrogens with one attached hydrogen (secondary N) is 4. The molecular formula is C22H30F3N7. The number of fused-ring (bicyclic) bond motifs is 3. The Morgan fingerprint density at radius 3 is 2.59 bits per heavy atom. The molecule has 2 aromatic heterocycles. The molecule has 3 saturated heterocycles. The second kappa shape index (κ2) is 8.64. The molecule has 3 aliphatic rings. The van der Waals surface area contributed by atoms with Gasteiger partial charge in [-0.15, -0.1) is 0 Å². The van der Waals surface area contributed by atoms with E-state index < -0.39 is 12.7 Å². The highest BCUT2D eigenvalue weighted by molar-refractivity contribution is 5.91. The Hall–Kier alpha value is -2.17. The van der Waals surface area contributed by atoms with E-state index in [1.54, 1.807) is 11.1 Å². The van der Waals surface area contributed by atoms with E-state index in [4.69, 9.17) is 4.98 Å². The van der Waals surface area contributed by atoms with Crippen LogP contribution in [0, 0.1) is 0 Å². The van der Waals surface area contributed by atoms with E-state index in [9.17, 15) is 13.2 Å².